The van der Waals surface area contributed by atoms with Crippen LogP contribution in [0.1, 0.15) is 0 Å². The fourth-order valence-electron chi connectivity index (χ4n) is 0.683. The summed E-state index contributed by atoms with van der Waals surface area (Å²) in [6, 6.07) is 8.00. The third-order valence-corrected chi connectivity index (χ3v) is 2.54. The van der Waals surface area contributed by atoms with Gasteiger partial charge in [0.15, 0.2) is 0 Å². The van der Waals surface area contributed by atoms with Crippen LogP contribution >= 0.6 is 0 Å². The highest BCUT2D eigenvalue weighted by Crippen LogP contribution is 2.09. The predicted molar refractivity (Wildman–Crippen MR) is 44.3 cm³/mol. The lowest BCUT2D eigenvalue weighted by Crippen LogP contribution is -2.01. The maximum absolute atomic E-state index is 11.0. The molecular weight excluding hydrogens is 180 g/mol. The van der Waals surface area contributed by atoms with Crippen molar-refractivity contribution in [2.24, 2.45) is 0 Å². The molecule has 1 aromatic carbocycles. The predicted octanol–water partition coefficient (Wildman–Crippen LogP) is 0.197. The van der Waals surface area contributed by atoms with Crippen LogP contribution in [0.25, 0.3) is 0 Å². The van der Waals surface area contributed by atoms with E-state index in [1.807, 2.05) is 0 Å². The van der Waals surface area contributed by atoms with Gasteiger partial charge in [0.25, 0.3) is 10.1 Å². The van der Waals surface area contributed by atoms with Crippen molar-refractivity contribution < 1.29 is 18.1 Å². The molecule has 0 aliphatic rings. The second-order valence-corrected chi connectivity index (χ2v) is 3.65. The number of hydrogen-bond acceptors (Lipinski definition) is 3. The molecule has 0 saturated carbocycles. The molecule has 0 bridgehead atoms. The van der Waals surface area contributed by atoms with E-state index in [0.29, 0.717) is 0 Å². The molecule has 0 heterocycles. The largest absolute Gasteiger partial charge is 0.412 e. The highest BCUT2D eigenvalue weighted by Gasteiger charge is 2.10. The lowest BCUT2D eigenvalue weighted by Gasteiger charge is -1.98. The maximum atomic E-state index is 11.0. The Labute approximate surface area is 71.2 Å². The smallest absolute Gasteiger partial charge is 0.296 e. The van der Waals surface area contributed by atoms with Crippen LogP contribution in [0.15, 0.2) is 35.2 Å². The molecular formula is C7H10O4S. The second-order valence-electron chi connectivity index (χ2n) is 1.93. The first-order valence-electron chi connectivity index (χ1n) is 3.02. The Balaban J connectivity index is 0.00000121. The summed E-state index contributed by atoms with van der Waals surface area (Å²) in [5, 5.41) is 0. The molecule has 0 spiro atoms. The van der Waals surface area contributed by atoms with Crippen LogP contribution in [0.4, 0.5) is 0 Å². The van der Waals surface area contributed by atoms with Crippen molar-refractivity contribution in [2.75, 3.05) is 7.11 Å². The Hall–Kier alpha value is -0.910. The summed E-state index contributed by atoms with van der Waals surface area (Å²) in [5.41, 5.74) is 0. The topological polar surface area (TPSA) is 74.9 Å². The van der Waals surface area contributed by atoms with E-state index < -0.39 is 10.1 Å². The average molecular weight is 190 g/mol. The first kappa shape index (κ1) is 11.1. The molecule has 2 N–H and O–H groups in total. The third-order valence-electron chi connectivity index (χ3n) is 1.25. The van der Waals surface area contributed by atoms with Crippen molar-refractivity contribution in [3.8, 4) is 0 Å². The number of rotatable bonds is 2. The standard InChI is InChI=1S/C7H8O3S.H2O/c1-10-11(8,9)7-5-3-2-4-6-7;/h2-6H,1H3;1H2. The van der Waals surface area contributed by atoms with Gasteiger partial charge in [-0.05, 0) is 12.1 Å². The molecule has 1 aromatic rings. The molecule has 0 unspecified atom stereocenters. The van der Waals surface area contributed by atoms with Gasteiger partial charge in [0.05, 0.1) is 12.0 Å². The minimum Gasteiger partial charge on any atom is -0.412 e. The molecule has 0 fully saturated rings. The van der Waals surface area contributed by atoms with Crippen LogP contribution in [0, 0.1) is 0 Å². The molecule has 0 amide bonds. The van der Waals surface area contributed by atoms with Crippen LogP contribution < -0.4 is 0 Å². The fraction of sp³-hybridized carbons (Fsp3) is 0.143. The number of benzene rings is 1. The first-order chi connectivity index (χ1) is 5.17. The van der Waals surface area contributed by atoms with Crippen molar-refractivity contribution in [3.63, 3.8) is 0 Å². The summed E-state index contributed by atoms with van der Waals surface area (Å²) >= 11 is 0. The summed E-state index contributed by atoms with van der Waals surface area (Å²) in [7, 11) is -2.36. The molecule has 0 saturated heterocycles. The fourth-order valence-corrected chi connectivity index (χ4v) is 1.37. The molecule has 5 heteroatoms. The van der Waals surface area contributed by atoms with Gasteiger partial charge < -0.3 is 5.48 Å². The van der Waals surface area contributed by atoms with Gasteiger partial charge in [-0.1, -0.05) is 18.2 Å². The minimum absolute atomic E-state index is 0. The van der Waals surface area contributed by atoms with Gasteiger partial charge in [-0.25, -0.2) is 0 Å². The highest BCUT2D eigenvalue weighted by molar-refractivity contribution is 7.86. The van der Waals surface area contributed by atoms with E-state index in [4.69, 9.17) is 0 Å². The van der Waals surface area contributed by atoms with Crippen molar-refractivity contribution in [1.29, 1.82) is 0 Å². The Morgan fingerprint density at radius 1 is 1.17 bits per heavy atom. The molecule has 0 aromatic heterocycles. The Kier molecular flexibility index (Phi) is 3.88. The van der Waals surface area contributed by atoms with Crippen LogP contribution in [-0.2, 0) is 14.3 Å². The van der Waals surface area contributed by atoms with Crippen molar-refractivity contribution in [2.45, 2.75) is 4.90 Å². The van der Waals surface area contributed by atoms with Gasteiger partial charge >= 0.3 is 0 Å². The van der Waals surface area contributed by atoms with Gasteiger partial charge in [0, 0.05) is 0 Å². The van der Waals surface area contributed by atoms with E-state index >= 15 is 0 Å². The second kappa shape index (κ2) is 4.20. The summed E-state index contributed by atoms with van der Waals surface area (Å²) in [4.78, 5) is 0.183. The van der Waals surface area contributed by atoms with E-state index in [2.05, 4.69) is 4.18 Å². The zero-order valence-electron chi connectivity index (χ0n) is 6.52. The van der Waals surface area contributed by atoms with Gasteiger partial charge in [-0.2, -0.15) is 8.42 Å². The van der Waals surface area contributed by atoms with E-state index in [0.717, 1.165) is 7.11 Å². The van der Waals surface area contributed by atoms with Crippen LogP contribution in [-0.4, -0.2) is 21.0 Å². The Morgan fingerprint density at radius 2 is 1.67 bits per heavy atom. The molecule has 0 aliphatic heterocycles. The SMILES string of the molecule is COS(=O)(=O)c1ccccc1.O. The maximum Gasteiger partial charge on any atom is 0.296 e. The summed E-state index contributed by atoms with van der Waals surface area (Å²) in [6.07, 6.45) is 0. The Bertz CT molecular complexity index is 317. The normalized spacial score (nSPS) is 10.4. The highest BCUT2D eigenvalue weighted by atomic mass is 32.2. The van der Waals surface area contributed by atoms with Crippen LogP contribution in [0.5, 0.6) is 0 Å². The minimum atomic E-state index is -3.50. The molecule has 12 heavy (non-hydrogen) atoms. The quantitative estimate of drug-likeness (QED) is 0.625. The van der Waals surface area contributed by atoms with Crippen molar-refractivity contribution in [3.05, 3.63) is 30.3 Å². The Morgan fingerprint density at radius 3 is 2.08 bits per heavy atom. The first-order valence-corrected chi connectivity index (χ1v) is 4.43. The number of hydrogen-bond donors (Lipinski definition) is 0. The lowest BCUT2D eigenvalue weighted by molar-refractivity contribution is 0.398. The van der Waals surface area contributed by atoms with Gasteiger partial charge in [0.2, 0.25) is 0 Å². The molecule has 0 aliphatic carbocycles. The summed E-state index contributed by atoms with van der Waals surface area (Å²) < 4.78 is 26.3. The zero-order chi connectivity index (χ0) is 8.32. The van der Waals surface area contributed by atoms with Gasteiger partial charge in [-0.15, -0.1) is 0 Å². The molecule has 0 radical (unpaired) electrons. The van der Waals surface area contributed by atoms with Crippen molar-refractivity contribution in [1.82, 2.24) is 0 Å². The van der Waals surface area contributed by atoms with E-state index in [-0.39, 0.29) is 10.4 Å². The molecule has 0 atom stereocenters. The third kappa shape index (κ3) is 2.30. The molecule has 4 nitrogen and oxygen atoms in total. The summed E-state index contributed by atoms with van der Waals surface area (Å²) in [5.74, 6) is 0. The average Bonchev–Trinajstić information content (AvgIpc) is 2.06. The van der Waals surface area contributed by atoms with E-state index in [9.17, 15) is 8.42 Å². The monoisotopic (exact) mass is 190 g/mol. The zero-order valence-corrected chi connectivity index (χ0v) is 7.34. The molecule has 1 rings (SSSR count). The van der Waals surface area contributed by atoms with E-state index in [1.54, 1.807) is 18.2 Å². The van der Waals surface area contributed by atoms with E-state index in [1.165, 1.54) is 12.1 Å². The lowest BCUT2D eigenvalue weighted by atomic mass is 10.4. The van der Waals surface area contributed by atoms with Crippen molar-refractivity contribution >= 4 is 10.1 Å². The van der Waals surface area contributed by atoms with Crippen LogP contribution in [0.3, 0.4) is 0 Å². The summed E-state index contributed by atoms with van der Waals surface area (Å²) in [6.45, 7) is 0. The van der Waals surface area contributed by atoms with Gasteiger partial charge in [-0.3, -0.25) is 4.18 Å². The van der Waals surface area contributed by atoms with Gasteiger partial charge in [0.1, 0.15) is 0 Å². The van der Waals surface area contributed by atoms with Crippen LogP contribution in [0.2, 0.25) is 0 Å². The molecule has 68 valence electrons.